The number of thiophene rings is 1. The van der Waals surface area contributed by atoms with Crippen LogP contribution < -0.4 is 0 Å². The molecule has 3 heterocycles. The van der Waals surface area contributed by atoms with E-state index in [4.69, 9.17) is 4.98 Å². The van der Waals surface area contributed by atoms with Crippen LogP contribution in [0, 0.1) is 17.2 Å². The van der Waals surface area contributed by atoms with Gasteiger partial charge in [0.15, 0.2) is 0 Å². The molecule has 1 atom stereocenters. The van der Waals surface area contributed by atoms with Gasteiger partial charge in [-0.3, -0.25) is 9.69 Å². The molecule has 0 saturated carbocycles. The van der Waals surface area contributed by atoms with E-state index in [0.29, 0.717) is 19.5 Å². The minimum absolute atomic E-state index is 0.0855. The summed E-state index contributed by atoms with van der Waals surface area (Å²) in [6, 6.07) is 16.5. The van der Waals surface area contributed by atoms with E-state index in [1.54, 1.807) is 22.7 Å². The summed E-state index contributed by atoms with van der Waals surface area (Å²) >= 11 is 3.26. The Kier molecular flexibility index (Phi) is 6.81. The van der Waals surface area contributed by atoms with Crippen molar-refractivity contribution in [1.29, 1.82) is 5.26 Å². The zero-order valence-corrected chi connectivity index (χ0v) is 19.5. The van der Waals surface area contributed by atoms with Gasteiger partial charge in [0.25, 0.3) is 0 Å². The maximum atomic E-state index is 13.1. The number of nitriles is 1. The molecule has 1 aromatic carbocycles. The second-order valence-corrected chi connectivity index (χ2v) is 10.1. The normalized spacial score (nSPS) is 15.7. The topological polar surface area (TPSA) is 60.2 Å². The number of nitrogens with zero attached hydrogens (tertiary/aromatic N) is 4. The number of aromatic nitrogens is 1. The van der Waals surface area contributed by atoms with Gasteiger partial charge in [-0.25, -0.2) is 4.98 Å². The fraction of sp³-hybridized carbons (Fsp3) is 0.375. The number of piperazine rings is 1. The van der Waals surface area contributed by atoms with Crippen LogP contribution in [0.5, 0.6) is 0 Å². The van der Waals surface area contributed by atoms with Crippen molar-refractivity contribution in [3.05, 3.63) is 52.7 Å². The summed E-state index contributed by atoms with van der Waals surface area (Å²) in [7, 11) is 0. The molecule has 31 heavy (non-hydrogen) atoms. The first-order chi connectivity index (χ1) is 15.1. The Labute approximate surface area is 191 Å². The molecule has 0 spiro atoms. The second kappa shape index (κ2) is 9.73. The van der Waals surface area contributed by atoms with Gasteiger partial charge in [-0.15, -0.1) is 22.7 Å². The van der Waals surface area contributed by atoms with E-state index in [1.165, 1.54) is 0 Å². The van der Waals surface area contributed by atoms with Gasteiger partial charge >= 0.3 is 0 Å². The van der Waals surface area contributed by atoms with Crippen molar-refractivity contribution < 1.29 is 4.79 Å². The van der Waals surface area contributed by atoms with Gasteiger partial charge in [-0.1, -0.05) is 50.2 Å². The van der Waals surface area contributed by atoms with Gasteiger partial charge in [-0.2, -0.15) is 5.26 Å². The molecule has 1 saturated heterocycles. The van der Waals surface area contributed by atoms with Gasteiger partial charge in [-0.05, 0) is 17.4 Å². The average molecular weight is 451 g/mol. The van der Waals surface area contributed by atoms with Crippen molar-refractivity contribution in [2.75, 3.05) is 26.2 Å². The molecule has 160 valence electrons. The largest absolute Gasteiger partial charge is 0.340 e. The van der Waals surface area contributed by atoms with Gasteiger partial charge in [0.05, 0.1) is 23.1 Å². The highest BCUT2D eigenvalue weighted by Crippen LogP contribution is 2.36. The zero-order chi connectivity index (χ0) is 21.8. The summed E-state index contributed by atoms with van der Waals surface area (Å²) in [5.74, 6) is 0.424. The van der Waals surface area contributed by atoms with Gasteiger partial charge in [0.1, 0.15) is 11.0 Å². The summed E-state index contributed by atoms with van der Waals surface area (Å²) in [5, 5.41) is 12.5. The smallest absolute Gasteiger partial charge is 0.227 e. The standard InChI is InChI=1S/C24H26N4OS2/c1-17(2)19(16-25)27-10-12-28(13-11-27)22(29)15-21-23(20-9-6-14-30-20)26-24(31-21)18-7-4-3-5-8-18/h3-9,14,17,19H,10-13,15H2,1-2H3. The average Bonchev–Trinajstić information content (AvgIpc) is 3.45. The van der Waals surface area contributed by atoms with E-state index < -0.39 is 0 Å². The number of rotatable bonds is 6. The first kappa shape index (κ1) is 21.7. The van der Waals surface area contributed by atoms with Crippen LogP contribution in [0.15, 0.2) is 47.8 Å². The Morgan fingerprint density at radius 1 is 1.13 bits per heavy atom. The maximum absolute atomic E-state index is 13.1. The molecule has 1 fully saturated rings. The third-order valence-electron chi connectivity index (χ3n) is 5.61. The fourth-order valence-electron chi connectivity index (χ4n) is 3.93. The molecule has 2 aromatic heterocycles. The highest BCUT2D eigenvalue weighted by molar-refractivity contribution is 7.17. The maximum Gasteiger partial charge on any atom is 0.227 e. The molecule has 0 aliphatic carbocycles. The Hall–Kier alpha value is -2.53. The number of thiazole rings is 1. The Morgan fingerprint density at radius 2 is 1.87 bits per heavy atom. The van der Waals surface area contributed by atoms with E-state index >= 15 is 0 Å². The molecule has 1 unspecified atom stereocenters. The van der Waals surface area contributed by atoms with Crippen molar-refractivity contribution in [1.82, 2.24) is 14.8 Å². The van der Waals surface area contributed by atoms with Crippen molar-refractivity contribution in [3.8, 4) is 27.2 Å². The molecule has 1 amide bonds. The van der Waals surface area contributed by atoms with Crippen molar-refractivity contribution >= 4 is 28.6 Å². The summed E-state index contributed by atoms with van der Waals surface area (Å²) in [6.45, 7) is 6.98. The summed E-state index contributed by atoms with van der Waals surface area (Å²) < 4.78 is 0. The van der Waals surface area contributed by atoms with E-state index in [1.807, 2.05) is 34.5 Å². The predicted molar refractivity (Wildman–Crippen MR) is 127 cm³/mol. The summed E-state index contributed by atoms with van der Waals surface area (Å²) in [4.78, 5) is 24.3. The molecule has 0 N–H and O–H groups in total. The molecular weight excluding hydrogens is 424 g/mol. The molecule has 3 aromatic rings. The first-order valence-corrected chi connectivity index (χ1v) is 12.3. The number of carbonyl (C=O) groups is 1. The van der Waals surface area contributed by atoms with Crippen molar-refractivity contribution in [2.45, 2.75) is 26.3 Å². The van der Waals surface area contributed by atoms with Crippen LogP contribution in [0.3, 0.4) is 0 Å². The molecule has 5 nitrogen and oxygen atoms in total. The Bertz CT molecular complexity index is 1050. The summed E-state index contributed by atoms with van der Waals surface area (Å²) in [6.07, 6.45) is 0.365. The number of carbonyl (C=O) groups excluding carboxylic acids is 1. The number of hydrogen-bond acceptors (Lipinski definition) is 6. The lowest BCUT2D eigenvalue weighted by molar-refractivity contribution is -0.132. The van der Waals surface area contributed by atoms with Crippen LogP contribution in [0.2, 0.25) is 0 Å². The molecule has 0 bridgehead atoms. The minimum atomic E-state index is -0.0855. The van der Waals surface area contributed by atoms with Crippen LogP contribution in [0.4, 0.5) is 0 Å². The molecule has 1 aliphatic rings. The van der Waals surface area contributed by atoms with E-state index in [-0.39, 0.29) is 17.9 Å². The van der Waals surface area contributed by atoms with Crippen LogP contribution >= 0.6 is 22.7 Å². The first-order valence-electron chi connectivity index (χ1n) is 10.6. The van der Waals surface area contributed by atoms with Crippen molar-refractivity contribution in [2.24, 2.45) is 5.92 Å². The highest BCUT2D eigenvalue weighted by atomic mass is 32.1. The number of benzene rings is 1. The van der Waals surface area contributed by atoms with Crippen LogP contribution in [-0.4, -0.2) is 52.9 Å². The molecule has 7 heteroatoms. The minimum Gasteiger partial charge on any atom is -0.340 e. The quantitative estimate of drug-likeness (QED) is 0.543. The fourth-order valence-corrected chi connectivity index (χ4v) is 5.81. The Balaban J connectivity index is 1.50. The van der Waals surface area contributed by atoms with E-state index in [9.17, 15) is 10.1 Å². The molecule has 1 aliphatic heterocycles. The van der Waals surface area contributed by atoms with Gasteiger partial charge in [0.2, 0.25) is 5.91 Å². The SMILES string of the molecule is CC(C)C(C#N)N1CCN(C(=O)Cc2sc(-c3ccccc3)nc2-c2cccs2)CC1. The monoisotopic (exact) mass is 450 g/mol. The van der Waals surface area contributed by atoms with Crippen molar-refractivity contribution in [3.63, 3.8) is 0 Å². The van der Waals surface area contributed by atoms with Crippen LogP contribution in [-0.2, 0) is 11.2 Å². The predicted octanol–water partition coefficient (Wildman–Crippen LogP) is 4.77. The van der Waals surface area contributed by atoms with E-state index in [2.05, 4.69) is 43.0 Å². The lowest BCUT2D eigenvalue weighted by Gasteiger charge is -2.38. The lowest BCUT2D eigenvalue weighted by Crippen LogP contribution is -2.53. The molecule has 4 rings (SSSR count). The molecule has 0 radical (unpaired) electrons. The third kappa shape index (κ3) is 4.87. The van der Waals surface area contributed by atoms with E-state index in [0.717, 1.165) is 39.1 Å². The summed E-state index contributed by atoms with van der Waals surface area (Å²) in [5.41, 5.74) is 2.00. The van der Waals surface area contributed by atoms with Gasteiger partial charge in [0, 0.05) is 36.6 Å². The van der Waals surface area contributed by atoms with Gasteiger partial charge < -0.3 is 4.90 Å². The number of amides is 1. The second-order valence-electron chi connectivity index (χ2n) is 8.05. The van der Waals surface area contributed by atoms with Crippen LogP contribution in [0.25, 0.3) is 21.1 Å². The molecular formula is C24H26N4OS2. The number of hydrogen-bond donors (Lipinski definition) is 0. The Morgan fingerprint density at radius 3 is 2.48 bits per heavy atom. The van der Waals surface area contributed by atoms with Crippen LogP contribution in [0.1, 0.15) is 18.7 Å². The zero-order valence-electron chi connectivity index (χ0n) is 17.8. The lowest BCUT2D eigenvalue weighted by atomic mass is 10.0. The third-order valence-corrected chi connectivity index (χ3v) is 7.59. The highest BCUT2D eigenvalue weighted by Gasteiger charge is 2.28.